The van der Waals surface area contributed by atoms with Gasteiger partial charge in [-0.15, -0.1) is 0 Å². The second-order valence-electron chi connectivity index (χ2n) is 6.64. The lowest BCUT2D eigenvalue weighted by molar-refractivity contribution is 0.476. The van der Waals surface area contributed by atoms with Crippen LogP contribution in [0.3, 0.4) is 0 Å². The maximum atomic E-state index is 10.9. The van der Waals surface area contributed by atoms with Gasteiger partial charge in [0.1, 0.15) is 5.75 Å². The van der Waals surface area contributed by atoms with E-state index in [0.29, 0.717) is 0 Å². The Bertz CT molecular complexity index is 1090. The summed E-state index contributed by atoms with van der Waals surface area (Å²) in [5, 5.41) is 10.9. The standard InChI is InChI=1S/C25H17O/c26-22-16-20-15-19-13-7-8-14-21(19)23(20)25(18-11-5-2-6-12-18)24(22)17-9-3-1-4-10-17/h1-14,26H,15H2. The number of rotatable bonds is 2. The summed E-state index contributed by atoms with van der Waals surface area (Å²) < 4.78 is 0. The van der Waals surface area contributed by atoms with Crippen LogP contribution in [-0.4, -0.2) is 5.11 Å². The normalized spacial score (nSPS) is 11.8. The molecule has 1 aliphatic carbocycles. The molecule has 1 heteroatoms. The Kier molecular flexibility index (Phi) is 3.39. The number of hydrogen-bond donors (Lipinski definition) is 1. The highest BCUT2D eigenvalue weighted by Gasteiger charge is 2.27. The van der Waals surface area contributed by atoms with Gasteiger partial charge in [0.05, 0.1) is 0 Å². The van der Waals surface area contributed by atoms with Crippen LogP contribution in [0.25, 0.3) is 33.4 Å². The summed E-state index contributed by atoms with van der Waals surface area (Å²) in [6, 6.07) is 32.2. The zero-order valence-corrected chi connectivity index (χ0v) is 14.2. The fourth-order valence-corrected chi connectivity index (χ4v) is 3.98. The number of fused-ring (bicyclic) bond motifs is 3. The molecule has 1 aliphatic rings. The van der Waals surface area contributed by atoms with E-state index in [9.17, 15) is 5.11 Å². The van der Waals surface area contributed by atoms with E-state index in [0.717, 1.165) is 34.2 Å². The van der Waals surface area contributed by atoms with Crippen molar-refractivity contribution >= 4 is 0 Å². The van der Waals surface area contributed by atoms with E-state index in [2.05, 4.69) is 42.5 Å². The zero-order chi connectivity index (χ0) is 17.5. The summed E-state index contributed by atoms with van der Waals surface area (Å²) >= 11 is 0. The van der Waals surface area contributed by atoms with Crippen LogP contribution in [0.1, 0.15) is 11.1 Å². The van der Waals surface area contributed by atoms with Crippen molar-refractivity contribution in [1.82, 2.24) is 0 Å². The van der Waals surface area contributed by atoms with Crippen molar-refractivity contribution in [2.24, 2.45) is 0 Å². The van der Waals surface area contributed by atoms with Gasteiger partial charge in [-0.1, -0.05) is 84.9 Å². The quantitative estimate of drug-likeness (QED) is 0.414. The molecule has 4 aromatic carbocycles. The Labute approximate surface area is 153 Å². The molecule has 0 atom stereocenters. The van der Waals surface area contributed by atoms with Crippen molar-refractivity contribution in [3.05, 3.63) is 102 Å². The van der Waals surface area contributed by atoms with Crippen molar-refractivity contribution in [3.63, 3.8) is 0 Å². The van der Waals surface area contributed by atoms with Crippen LogP contribution in [0.4, 0.5) is 0 Å². The fourth-order valence-electron chi connectivity index (χ4n) is 3.98. The molecule has 0 heterocycles. The summed E-state index contributed by atoms with van der Waals surface area (Å²) in [7, 11) is 0. The molecular weight excluding hydrogens is 316 g/mol. The molecule has 0 saturated carbocycles. The van der Waals surface area contributed by atoms with Gasteiger partial charge in [-0.25, -0.2) is 0 Å². The first-order valence-electron chi connectivity index (χ1n) is 8.83. The average Bonchev–Trinajstić information content (AvgIpc) is 3.06. The van der Waals surface area contributed by atoms with Crippen LogP contribution in [0.2, 0.25) is 0 Å². The van der Waals surface area contributed by atoms with E-state index in [4.69, 9.17) is 0 Å². The number of phenolic OH excluding ortho intramolecular Hbond substituents is 1. The molecular formula is C25H17O. The molecule has 0 aromatic heterocycles. The first kappa shape index (κ1) is 15.0. The minimum atomic E-state index is 0.224. The highest BCUT2D eigenvalue weighted by molar-refractivity contribution is 6.00. The SMILES string of the molecule is Oc1[c]c2c(c(-c3ccccc3)c1-c1ccccc1)-c1ccccc1C2. The number of phenols is 1. The Morgan fingerprint density at radius 2 is 1.19 bits per heavy atom. The van der Waals surface area contributed by atoms with E-state index >= 15 is 0 Å². The lowest BCUT2D eigenvalue weighted by Crippen LogP contribution is -1.93. The summed E-state index contributed by atoms with van der Waals surface area (Å²) in [4.78, 5) is 0. The molecule has 0 fully saturated rings. The van der Waals surface area contributed by atoms with Gasteiger partial charge in [0.25, 0.3) is 0 Å². The Morgan fingerprint density at radius 3 is 1.88 bits per heavy atom. The second kappa shape index (κ2) is 5.89. The van der Waals surface area contributed by atoms with Gasteiger partial charge in [-0.3, -0.25) is 0 Å². The molecule has 0 spiro atoms. The van der Waals surface area contributed by atoms with Gasteiger partial charge >= 0.3 is 0 Å². The topological polar surface area (TPSA) is 20.2 Å². The molecule has 1 nitrogen and oxygen atoms in total. The van der Waals surface area contributed by atoms with Crippen LogP contribution < -0.4 is 0 Å². The van der Waals surface area contributed by atoms with E-state index in [1.807, 2.05) is 48.5 Å². The van der Waals surface area contributed by atoms with Crippen molar-refractivity contribution < 1.29 is 5.11 Å². The van der Waals surface area contributed by atoms with Gasteiger partial charge < -0.3 is 5.11 Å². The molecule has 0 aliphatic heterocycles. The molecule has 4 aromatic rings. The molecule has 5 rings (SSSR count). The third kappa shape index (κ3) is 2.25. The molecule has 1 radical (unpaired) electrons. The smallest absolute Gasteiger partial charge is 0.132 e. The van der Waals surface area contributed by atoms with Crippen LogP contribution in [-0.2, 0) is 6.42 Å². The zero-order valence-electron chi connectivity index (χ0n) is 14.2. The van der Waals surface area contributed by atoms with Crippen molar-refractivity contribution in [3.8, 4) is 39.1 Å². The van der Waals surface area contributed by atoms with Crippen LogP contribution in [0.15, 0.2) is 84.9 Å². The van der Waals surface area contributed by atoms with Gasteiger partial charge in [0.2, 0.25) is 0 Å². The Balaban J connectivity index is 1.91. The summed E-state index contributed by atoms with van der Waals surface area (Å²) in [6.45, 7) is 0. The van der Waals surface area contributed by atoms with Crippen molar-refractivity contribution in [1.29, 1.82) is 0 Å². The number of benzene rings is 4. The Morgan fingerprint density at radius 1 is 0.615 bits per heavy atom. The van der Waals surface area contributed by atoms with Gasteiger partial charge in [-0.05, 0) is 39.8 Å². The molecule has 0 saturated heterocycles. The molecule has 26 heavy (non-hydrogen) atoms. The van der Waals surface area contributed by atoms with Crippen LogP contribution in [0, 0.1) is 6.07 Å². The molecule has 0 unspecified atom stereocenters. The molecule has 0 bridgehead atoms. The fraction of sp³-hybridized carbons (Fsp3) is 0.0400. The lowest BCUT2D eigenvalue weighted by Gasteiger charge is -2.18. The molecule has 123 valence electrons. The van der Waals surface area contributed by atoms with Crippen LogP contribution >= 0.6 is 0 Å². The molecule has 0 amide bonds. The first-order valence-corrected chi connectivity index (χ1v) is 8.83. The molecule has 1 N–H and O–H groups in total. The second-order valence-corrected chi connectivity index (χ2v) is 6.64. The number of hydrogen-bond acceptors (Lipinski definition) is 1. The average molecular weight is 333 g/mol. The first-order chi connectivity index (χ1) is 12.8. The van der Waals surface area contributed by atoms with E-state index in [1.165, 1.54) is 16.7 Å². The van der Waals surface area contributed by atoms with Crippen molar-refractivity contribution in [2.75, 3.05) is 0 Å². The predicted molar refractivity (Wildman–Crippen MR) is 106 cm³/mol. The van der Waals surface area contributed by atoms with E-state index < -0.39 is 0 Å². The van der Waals surface area contributed by atoms with Gasteiger partial charge in [0.15, 0.2) is 0 Å². The lowest BCUT2D eigenvalue weighted by atomic mass is 9.86. The minimum absolute atomic E-state index is 0.224. The largest absolute Gasteiger partial charge is 0.507 e. The van der Waals surface area contributed by atoms with E-state index in [-0.39, 0.29) is 5.75 Å². The highest BCUT2D eigenvalue weighted by Crippen LogP contribution is 2.50. The van der Waals surface area contributed by atoms with Crippen LogP contribution in [0.5, 0.6) is 5.75 Å². The highest BCUT2D eigenvalue weighted by atomic mass is 16.3. The van der Waals surface area contributed by atoms with E-state index in [1.54, 1.807) is 0 Å². The summed E-state index contributed by atoms with van der Waals surface area (Å²) in [6.07, 6.45) is 0.813. The third-order valence-corrected chi connectivity index (χ3v) is 5.09. The maximum Gasteiger partial charge on any atom is 0.132 e. The third-order valence-electron chi connectivity index (χ3n) is 5.09. The predicted octanol–water partition coefficient (Wildman–Crippen LogP) is 6.10. The maximum absolute atomic E-state index is 10.9. The minimum Gasteiger partial charge on any atom is -0.507 e. The Hall–Kier alpha value is -3.32. The van der Waals surface area contributed by atoms with Gasteiger partial charge in [-0.2, -0.15) is 0 Å². The summed E-state index contributed by atoms with van der Waals surface area (Å²) in [5.41, 5.74) is 8.87. The van der Waals surface area contributed by atoms with Gasteiger partial charge in [0, 0.05) is 17.2 Å². The number of aromatic hydroxyl groups is 1. The monoisotopic (exact) mass is 333 g/mol. The summed E-state index contributed by atoms with van der Waals surface area (Å²) in [5.74, 6) is 0.224. The van der Waals surface area contributed by atoms with Crippen molar-refractivity contribution in [2.45, 2.75) is 6.42 Å².